The summed E-state index contributed by atoms with van der Waals surface area (Å²) in [6.45, 7) is 1.06. The van der Waals surface area contributed by atoms with Gasteiger partial charge in [-0.3, -0.25) is 0 Å². The Balaban J connectivity index is 2.00. The van der Waals surface area contributed by atoms with Gasteiger partial charge in [0.1, 0.15) is 5.82 Å². The van der Waals surface area contributed by atoms with Crippen LogP contribution in [0.5, 0.6) is 0 Å². The van der Waals surface area contributed by atoms with Crippen LogP contribution < -0.4 is 5.32 Å². The van der Waals surface area contributed by atoms with E-state index in [0.29, 0.717) is 16.1 Å². The van der Waals surface area contributed by atoms with Gasteiger partial charge in [0.2, 0.25) is 0 Å². The SMILES string of the molecule is Clc1cc2nc(C3CCCCN3)[nH]c2cc1Cl. The summed E-state index contributed by atoms with van der Waals surface area (Å²) in [5.74, 6) is 0.984. The van der Waals surface area contributed by atoms with E-state index in [2.05, 4.69) is 15.3 Å². The molecule has 1 fully saturated rings. The Bertz CT molecular complexity index is 505. The summed E-state index contributed by atoms with van der Waals surface area (Å²) in [6, 6.07) is 3.97. The third kappa shape index (κ3) is 2.15. The lowest BCUT2D eigenvalue weighted by atomic mass is 10.0. The van der Waals surface area contributed by atoms with Crippen LogP contribution in [0, 0.1) is 0 Å². The molecule has 2 N–H and O–H groups in total. The fourth-order valence-corrected chi connectivity index (χ4v) is 2.60. The monoisotopic (exact) mass is 269 g/mol. The Morgan fingerprint density at radius 1 is 1.18 bits per heavy atom. The number of imidazole rings is 1. The van der Waals surface area contributed by atoms with E-state index in [9.17, 15) is 0 Å². The predicted molar refractivity (Wildman–Crippen MR) is 70.7 cm³/mol. The number of halogens is 2. The number of nitrogens with zero attached hydrogens (tertiary/aromatic N) is 1. The summed E-state index contributed by atoms with van der Waals surface area (Å²) in [5, 5.41) is 4.58. The van der Waals surface area contributed by atoms with Crippen molar-refractivity contribution in [2.24, 2.45) is 0 Å². The van der Waals surface area contributed by atoms with Gasteiger partial charge in [0.05, 0.1) is 27.1 Å². The average Bonchev–Trinajstić information content (AvgIpc) is 2.74. The van der Waals surface area contributed by atoms with Gasteiger partial charge in [0, 0.05) is 0 Å². The Kier molecular flexibility index (Phi) is 2.99. The van der Waals surface area contributed by atoms with Gasteiger partial charge in [-0.25, -0.2) is 4.98 Å². The van der Waals surface area contributed by atoms with Gasteiger partial charge in [0.25, 0.3) is 0 Å². The summed E-state index contributed by atoms with van der Waals surface area (Å²) in [5.41, 5.74) is 1.82. The highest BCUT2D eigenvalue weighted by Gasteiger charge is 2.18. The molecule has 3 nitrogen and oxygen atoms in total. The van der Waals surface area contributed by atoms with E-state index in [-0.39, 0.29) is 0 Å². The fraction of sp³-hybridized carbons (Fsp3) is 0.417. The van der Waals surface area contributed by atoms with Crippen molar-refractivity contribution < 1.29 is 0 Å². The molecule has 0 saturated carbocycles. The molecule has 0 spiro atoms. The maximum Gasteiger partial charge on any atom is 0.124 e. The molecule has 0 aliphatic carbocycles. The Hall–Kier alpha value is -0.770. The number of rotatable bonds is 1. The van der Waals surface area contributed by atoms with E-state index in [1.54, 1.807) is 0 Å². The van der Waals surface area contributed by atoms with Crippen molar-refractivity contribution in [3.63, 3.8) is 0 Å². The second-order valence-corrected chi connectivity index (χ2v) is 5.22. The van der Waals surface area contributed by atoms with Crippen molar-refractivity contribution in [3.8, 4) is 0 Å². The van der Waals surface area contributed by atoms with Crippen LogP contribution in [0.15, 0.2) is 12.1 Å². The van der Waals surface area contributed by atoms with Gasteiger partial charge in [-0.1, -0.05) is 29.6 Å². The summed E-state index contributed by atoms with van der Waals surface area (Å²) < 4.78 is 0. The zero-order chi connectivity index (χ0) is 11.8. The van der Waals surface area contributed by atoms with Crippen molar-refractivity contribution in [3.05, 3.63) is 28.0 Å². The van der Waals surface area contributed by atoms with Gasteiger partial charge in [-0.2, -0.15) is 0 Å². The van der Waals surface area contributed by atoms with Crippen molar-refractivity contribution in [2.45, 2.75) is 25.3 Å². The number of aromatic nitrogens is 2. The zero-order valence-electron chi connectivity index (χ0n) is 9.26. The minimum absolute atomic E-state index is 0.328. The van der Waals surface area contributed by atoms with E-state index in [1.165, 1.54) is 12.8 Å². The summed E-state index contributed by atoms with van der Waals surface area (Å²) in [6.07, 6.45) is 3.62. The largest absolute Gasteiger partial charge is 0.341 e. The molecule has 0 radical (unpaired) electrons. The molecule has 0 amide bonds. The van der Waals surface area contributed by atoms with E-state index < -0.39 is 0 Å². The van der Waals surface area contributed by atoms with E-state index >= 15 is 0 Å². The number of benzene rings is 1. The van der Waals surface area contributed by atoms with Crippen molar-refractivity contribution >= 4 is 34.2 Å². The van der Waals surface area contributed by atoms with Crippen LogP contribution in [-0.4, -0.2) is 16.5 Å². The summed E-state index contributed by atoms with van der Waals surface area (Å²) in [4.78, 5) is 7.89. The first kappa shape index (κ1) is 11.3. The Labute approximate surface area is 110 Å². The molecule has 5 heteroatoms. The molecule has 1 aliphatic rings. The maximum atomic E-state index is 5.99. The fourth-order valence-electron chi connectivity index (χ4n) is 2.27. The first-order valence-corrected chi connectivity index (χ1v) is 6.57. The van der Waals surface area contributed by atoms with Crippen LogP contribution in [0.1, 0.15) is 31.1 Å². The number of hydrogen-bond acceptors (Lipinski definition) is 2. The molecule has 1 aliphatic heterocycles. The van der Waals surface area contributed by atoms with E-state index in [1.807, 2.05) is 12.1 Å². The minimum Gasteiger partial charge on any atom is -0.341 e. The molecule has 1 aromatic carbocycles. The third-order valence-corrected chi connectivity index (χ3v) is 3.90. The topological polar surface area (TPSA) is 40.7 Å². The second-order valence-electron chi connectivity index (χ2n) is 4.41. The molecule has 1 saturated heterocycles. The van der Waals surface area contributed by atoms with Crippen LogP contribution in [0.25, 0.3) is 11.0 Å². The highest BCUT2D eigenvalue weighted by atomic mass is 35.5. The van der Waals surface area contributed by atoms with Crippen molar-refractivity contribution in [2.75, 3.05) is 6.54 Å². The second kappa shape index (κ2) is 4.48. The number of hydrogen-bond donors (Lipinski definition) is 2. The van der Waals surface area contributed by atoms with Gasteiger partial charge in [-0.05, 0) is 31.5 Å². The minimum atomic E-state index is 0.328. The average molecular weight is 270 g/mol. The molecule has 2 heterocycles. The third-order valence-electron chi connectivity index (χ3n) is 3.18. The molecule has 3 rings (SSSR count). The number of piperidine rings is 1. The maximum absolute atomic E-state index is 5.99. The summed E-state index contributed by atoms with van der Waals surface area (Å²) in [7, 11) is 0. The molecule has 1 aromatic heterocycles. The first-order chi connectivity index (χ1) is 8.24. The number of fused-ring (bicyclic) bond motifs is 1. The van der Waals surface area contributed by atoms with E-state index in [4.69, 9.17) is 23.2 Å². The molecule has 17 heavy (non-hydrogen) atoms. The highest BCUT2D eigenvalue weighted by Crippen LogP contribution is 2.29. The normalized spacial score (nSPS) is 20.9. The summed E-state index contributed by atoms with van der Waals surface area (Å²) >= 11 is 12.0. The standard InChI is InChI=1S/C12H13Cl2N3/c13-7-5-10-11(6-8(7)14)17-12(16-10)9-3-1-2-4-15-9/h5-6,9,15H,1-4H2,(H,16,17). The lowest BCUT2D eigenvalue weighted by Crippen LogP contribution is -2.27. The molecule has 0 bridgehead atoms. The van der Waals surface area contributed by atoms with Crippen molar-refractivity contribution in [1.82, 2.24) is 15.3 Å². The Morgan fingerprint density at radius 2 is 2.00 bits per heavy atom. The molecular weight excluding hydrogens is 257 g/mol. The molecule has 1 atom stereocenters. The van der Waals surface area contributed by atoms with E-state index in [0.717, 1.165) is 29.8 Å². The lowest BCUT2D eigenvalue weighted by Gasteiger charge is -2.21. The van der Waals surface area contributed by atoms with Crippen LogP contribution in [-0.2, 0) is 0 Å². The molecule has 2 aromatic rings. The quantitative estimate of drug-likeness (QED) is 0.829. The number of aromatic amines is 1. The zero-order valence-corrected chi connectivity index (χ0v) is 10.8. The smallest absolute Gasteiger partial charge is 0.124 e. The Morgan fingerprint density at radius 3 is 2.76 bits per heavy atom. The molecular formula is C12H13Cl2N3. The van der Waals surface area contributed by atoms with Gasteiger partial charge < -0.3 is 10.3 Å². The van der Waals surface area contributed by atoms with Crippen LogP contribution in [0.4, 0.5) is 0 Å². The number of H-pyrrole nitrogens is 1. The van der Waals surface area contributed by atoms with Crippen molar-refractivity contribution in [1.29, 1.82) is 0 Å². The highest BCUT2D eigenvalue weighted by molar-refractivity contribution is 6.42. The van der Waals surface area contributed by atoms with Crippen LogP contribution in [0.2, 0.25) is 10.0 Å². The number of nitrogens with one attached hydrogen (secondary N) is 2. The van der Waals surface area contributed by atoms with Gasteiger partial charge in [-0.15, -0.1) is 0 Å². The van der Waals surface area contributed by atoms with Gasteiger partial charge >= 0.3 is 0 Å². The predicted octanol–water partition coefficient (Wildman–Crippen LogP) is 3.68. The molecule has 1 unspecified atom stereocenters. The molecule has 90 valence electrons. The lowest BCUT2D eigenvalue weighted by molar-refractivity contribution is 0.400. The first-order valence-electron chi connectivity index (χ1n) is 5.82. The van der Waals surface area contributed by atoms with Gasteiger partial charge in [0.15, 0.2) is 0 Å². The van der Waals surface area contributed by atoms with Crippen LogP contribution in [0.3, 0.4) is 0 Å². The van der Waals surface area contributed by atoms with Crippen LogP contribution >= 0.6 is 23.2 Å².